The Morgan fingerprint density at radius 3 is 2.50 bits per heavy atom. The number of rotatable bonds is 6. The standard InChI is InChI=1S/C21H17ClN2S2/c22-18-10-5-4-9-17(18)21-24-16(14-26-21)13-23-20(19-11-6-12-25-19)15-7-2-1-3-8-15/h1-12,14,20,23H,13H2/p+1/t20-/m0/s1. The fourth-order valence-corrected chi connectivity index (χ4v) is 4.95. The van der Waals surface area contributed by atoms with Crippen molar-refractivity contribution < 1.29 is 5.32 Å². The molecule has 0 amide bonds. The molecule has 2 aromatic carbocycles. The third-order valence-electron chi connectivity index (χ3n) is 4.23. The summed E-state index contributed by atoms with van der Waals surface area (Å²) in [6.45, 7) is 0.832. The number of nitrogens with zero attached hydrogens (tertiary/aromatic N) is 1. The van der Waals surface area contributed by atoms with E-state index < -0.39 is 0 Å². The lowest BCUT2D eigenvalue weighted by atomic mass is 10.1. The van der Waals surface area contributed by atoms with Crippen molar-refractivity contribution in [3.05, 3.63) is 98.6 Å². The number of hydrogen-bond donors (Lipinski definition) is 1. The van der Waals surface area contributed by atoms with Crippen LogP contribution in [0.5, 0.6) is 0 Å². The average Bonchev–Trinajstić information content (AvgIpc) is 3.36. The van der Waals surface area contributed by atoms with Gasteiger partial charge in [0.2, 0.25) is 0 Å². The number of halogens is 1. The van der Waals surface area contributed by atoms with E-state index in [-0.39, 0.29) is 0 Å². The van der Waals surface area contributed by atoms with E-state index in [2.05, 4.69) is 58.5 Å². The smallest absolute Gasteiger partial charge is 0.147 e. The Hall–Kier alpha value is -1.98. The summed E-state index contributed by atoms with van der Waals surface area (Å²) in [5.41, 5.74) is 3.40. The van der Waals surface area contributed by atoms with E-state index in [0.29, 0.717) is 6.04 Å². The summed E-state index contributed by atoms with van der Waals surface area (Å²) in [5.74, 6) is 0. The molecule has 130 valence electrons. The van der Waals surface area contributed by atoms with E-state index in [1.54, 1.807) is 22.7 Å². The van der Waals surface area contributed by atoms with Crippen LogP contribution in [-0.2, 0) is 6.54 Å². The molecule has 2 heterocycles. The molecule has 2 nitrogen and oxygen atoms in total. The highest BCUT2D eigenvalue weighted by molar-refractivity contribution is 7.13. The maximum Gasteiger partial charge on any atom is 0.147 e. The van der Waals surface area contributed by atoms with Gasteiger partial charge >= 0.3 is 0 Å². The van der Waals surface area contributed by atoms with E-state index in [1.165, 1.54) is 10.4 Å². The van der Waals surface area contributed by atoms with Gasteiger partial charge in [-0.2, -0.15) is 0 Å². The molecule has 0 aliphatic rings. The van der Waals surface area contributed by atoms with E-state index in [0.717, 1.165) is 27.8 Å². The number of nitrogens with two attached hydrogens (primary N) is 1. The van der Waals surface area contributed by atoms with Gasteiger partial charge in [-0.15, -0.1) is 22.7 Å². The van der Waals surface area contributed by atoms with Crippen LogP contribution < -0.4 is 5.32 Å². The molecule has 0 spiro atoms. The Morgan fingerprint density at radius 1 is 0.923 bits per heavy atom. The second-order valence-corrected chi connectivity index (χ2v) is 8.21. The van der Waals surface area contributed by atoms with Crippen LogP contribution in [0.25, 0.3) is 10.6 Å². The Morgan fingerprint density at radius 2 is 1.73 bits per heavy atom. The van der Waals surface area contributed by atoms with E-state index in [4.69, 9.17) is 16.6 Å². The van der Waals surface area contributed by atoms with Crippen LogP contribution in [0, 0.1) is 0 Å². The zero-order chi connectivity index (χ0) is 17.8. The highest BCUT2D eigenvalue weighted by atomic mass is 35.5. The fraction of sp³-hybridized carbons (Fsp3) is 0.0952. The minimum Gasteiger partial charge on any atom is -0.331 e. The summed E-state index contributed by atoms with van der Waals surface area (Å²) < 4.78 is 0. The van der Waals surface area contributed by atoms with Crippen molar-refractivity contribution in [3.63, 3.8) is 0 Å². The number of quaternary nitrogens is 1. The zero-order valence-electron chi connectivity index (χ0n) is 14.0. The largest absolute Gasteiger partial charge is 0.331 e. The molecule has 0 fully saturated rings. The van der Waals surface area contributed by atoms with Gasteiger partial charge in [-0.05, 0) is 17.5 Å². The van der Waals surface area contributed by atoms with Crippen LogP contribution in [0.4, 0.5) is 0 Å². The monoisotopic (exact) mass is 397 g/mol. The molecule has 0 aliphatic carbocycles. The first kappa shape index (κ1) is 17.4. The number of thiazole rings is 1. The van der Waals surface area contributed by atoms with Crippen molar-refractivity contribution in [3.8, 4) is 10.6 Å². The molecule has 0 bridgehead atoms. The Balaban J connectivity index is 1.53. The zero-order valence-corrected chi connectivity index (χ0v) is 16.4. The van der Waals surface area contributed by atoms with Gasteiger partial charge in [-0.1, -0.05) is 66.2 Å². The lowest BCUT2D eigenvalue weighted by molar-refractivity contribution is -0.702. The van der Waals surface area contributed by atoms with Crippen molar-refractivity contribution in [2.75, 3.05) is 0 Å². The molecular weight excluding hydrogens is 380 g/mol. The second-order valence-electron chi connectivity index (χ2n) is 5.97. The minimum atomic E-state index is 0.293. The van der Waals surface area contributed by atoms with Crippen molar-refractivity contribution >= 4 is 34.3 Å². The summed E-state index contributed by atoms with van der Waals surface area (Å²) in [6, 6.07) is 23.1. The van der Waals surface area contributed by atoms with Gasteiger partial charge in [0.15, 0.2) is 0 Å². The van der Waals surface area contributed by atoms with Gasteiger partial charge in [0, 0.05) is 16.5 Å². The molecule has 0 radical (unpaired) electrons. The quantitative estimate of drug-likeness (QED) is 0.465. The first-order chi connectivity index (χ1) is 12.8. The van der Waals surface area contributed by atoms with Gasteiger partial charge in [-0.25, -0.2) is 4.98 Å². The highest BCUT2D eigenvalue weighted by Crippen LogP contribution is 2.30. The molecule has 0 saturated carbocycles. The lowest BCUT2D eigenvalue weighted by Crippen LogP contribution is -2.83. The van der Waals surface area contributed by atoms with Crippen molar-refractivity contribution in [1.82, 2.24) is 4.98 Å². The highest BCUT2D eigenvalue weighted by Gasteiger charge is 2.19. The average molecular weight is 398 g/mol. The van der Waals surface area contributed by atoms with Crippen LogP contribution >= 0.6 is 34.3 Å². The molecule has 5 heteroatoms. The summed E-state index contributed by atoms with van der Waals surface area (Å²) >= 11 is 9.75. The third-order valence-corrected chi connectivity index (χ3v) is 6.44. The lowest BCUT2D eigenvalue weighted by Gasteiger charge is -2.14. The van der Waals surface area contributed by atoms with Gasteiger partial charge in [0.1, 0.15) is 23.3 Å². The maximum atomic E-state index is 6.30. The second kappa shape index (κ2) is 8.14. The molecule has 2 N–H and O–H groups in total. The minimum absolute atomic E-state index is 0.293. The van der Waals surface area contributed by atoms with Crippen molar-refractivity contribution in [1.29, 1.82) is 0 Å². The van der Waals surface area contributed by atoms with Gasteiger partial charge in [0.25, 0.3) is 0 Å². The molecule has 2 aromatic heterocycles. The van der Waals surface area contributed by atoms with Gasteiger partial charge in [-0.3, -0.25) is 0 Å². The molecule has 26 heavy (non-hydrogen) atoms. The van der Waals surface area contributed by atoms with Crippen molar-refractivity contribution in [2.45, 2.75) is 12.6 Å². The third kappa shape index (κ3) is 3.89. The van der Waals surface area contributed by atoms with E-state index in [9.17, 15) is 0 Å². The Bertz CT molecular complexity index is 965. The fourth-order valence-electron chi connectivity index (χ4n) is 2.94. The number of thiophene rings is 1. The Labute approximate surface area is 166 Å². The number of benzene rings is 2. The van der Waals surface area contributed by atoms with Gasteiger partial charge < -0.3 is 5.32 Å². The normalized spacial score (nSPS) is 12.2. The Kier molecular flexibility index (Phi) is 5.46. The summed E-state index contributed by atoms with van der Waals surface area (Å²) in [5, 5.41) is 8.35. The molecule has 4 aromatic rings. The predicted molar refractivity (Wildman–Crippen MR) is 111 cm³/mol. The topological polar surface area (TPSA) is 29.5 Å². The van der Waals surface area contributed by atoms with Crippen LogP contribution in [0.15, 0.2) is 77.5 Å². The van der Waals surface area contributed by atoms with Gasteiger partial charge in [0.05, 0.1) is 9.90 Å². The summed E-state index contributed by atoms with van der Waals surface area (Å²) in [4.78, 5) is 6.15. The molecule has 4 rings (SSSR count). The van der Waals surface area contributed by atoms with Crippen LogP contribution in [0.2, 0.25) is 5.02 Å². The first-order valence-electron chi connectivity index (χ1n) is 8.42. The van der Waals surface area contributed by atoms with E-state index in [1.807, 2.05) is 24.3 Å². The van der Waals surface area contributed by atoms with Crippen LogP contribution in [-0.4, -0.2) is 4.98 Å². The molecular formula is C21H18ClN2S2+. The predicted octanol–water partition coefficient (Wildman–Crippen LogP) is 5.38. The maximum absolute atomic E-state index is 6.30. The van der Waals surface area contributed by atoms with Crippen LogP contribution in [0.3, 0.4) is 0 Å². The summed E-state index contributed by atoms with van der Waals surface area (Å²) in [6.07, 6.45) is 0. The SMILES string of the molecule is Clc1ccccc1-c1nc(C[NH2+][C@@H](c2ccccc2)c2cccs2)cs1. The summed E-state index contributed by atoms with van der Waals surface area (Å²) in [7, 11) is 0. The van der Waals surface area contributed by atoms with E-state index >= 15 is 0 Å². The molecule has 0 saturated heterocycles. The number of aromatic nitrogens is 1. The van der Waals surface area contributed by atoms with Crippen molar-refractivity contribution in [2.24, 2.45) is 0 Å². The van der Waals surface area contributed by atoms with Crippen LogP contribution in [0.1, 0.15) is 22.2 Å². The molecule has 0 aliphatic heterocycles. The number of hydrogen-bond acceptors (Lipinski definition) is 3. The molecule has 0 unspecified atom stereocenters. The molecule has 1 atom stereocenters. The first-order valence-corrected chi connectivity index (χ1v) is 10.6.